The predicted molar refractivity (Wildman–Crippen MR) is 80.1 cm³/mol. The maximum Gasteiger partial charge on any atom is 0.275 e. The predicted octanol–water partition coefficient (Wildman–Crippen LogP) is 3.68. The fourth-order valence-electron chi connectivity index (χ4n) is 1.81. The van der Waals surface area contributed by atoms with Gasteiger partial charge in [-0.2, -0.15) is 0 Å². The van der Waals surface area contributed by atoms with Gasteiger partial charge in [0.05, 0.1) is 16.9 Å². The summed E-state index contributed by atoms with van der Waals surface area (Å²) in [6.07, 6.45) is 4.41. The van der Waals surface area contributed by atoms with Crippen LogP contribution in [0.25, 0.3) is 0 Å². The molecular formula is C15H16ClN3O. The van der Waals surface area contributed by atoms with Gasteiger partial charge in [-0.1, -0.05) is 44.5 Å². The number of halogens is 1. The quantitative estimate of drug-likeness (QED) is 0.917. The molecule has 4 nitrogen and oxygen atoms in total. The molecule has 1 aromatic carbocycles. The Hall–Kier alpha value is -1.94. The van der Waals surface area contributed by atoms with Gasteiger partial charge < -0.3 is 5.32 Å². The Labute approximate surface area is 123 Å². The molecule has 5 heteroatoms. The van der Waals surface area contributed by atoms with Crippen LogP contribution in [0, 0.1) is 0 Å². The Morgan fingerprint density at radius 1 is 1.25 bits per heavy atom. The number of hydrogen-bond acceptors (Lipinski definition) is 3. The Morgan fingerprint density at radius 2 is 2.00 bits per heavy atom. The molecule has 0 atom stereocenters. The number of aromatic nitrogens is 2. The van der Waals surface area contributed by atoms with Crippen molar-refractivity contribution >= 4 is 23.2 Å². The molecule has 0 unspecified atom stereocenters. The van der Waals surface area contributed by atoms with Gasteiger partial charge in [-0.05, 0) is 17.0 Å². The van der Waals surface area contributed by atoms with Gasteiger partial charge in [0, 0.05) is 12.4 Å². The molecule has 0 bridgehead atoms. The first-order valence-electron chi connectivity index (χ1n) is 6.26. The molecule has 20 heavy (non-hydrogen) atoms. The van der Waals surface area contributed by atoms with Gasteiger partial charge in [0.2, 0.25) is 0 Å². The summed E-state index contributed by atoms with van der Waals surface area (Å²) >= 11 is 6.37. The maximum absolute atomic E-state index is 12.1. The number of nitrogens with one attached hydrogen (secondary N) is 1. The van der Waals surface area contributed by atoms with Crippen molar-refractivity contribution < 1.29 is 4.79 Å². The van der Waals surface area contributed by atoms with Crippen LogP contribution in [0.1, 0.15) is 36.8 Å². The Morgan fingerprint density at radius 3 is 2.60 bits per heavy atom. The van der Waals surface area contributed by atoms with Crippen molar-refractivity contribution in [2.75, 3.05) is 5.32 Å². The second-order valence-corrected chi connectivity index (χ2v) is 5.84. The van der Waals surface area contributed by atoms with Gasteiger partial charge in [0.15, 0.2) is 0 Å². The molecule has 0 fully saturated rings. The fourth-order valence-corrected chi connectivity index (χ4v) is 2.27. The third-order valence-corrected chi connectivity index (χ3v) is 3.26. The van der Waals surface area contributed by atoms with Gasteiger partial charge in [-0.15, -0.1) is 0 Å². The van der Waals surface area contributed by atoms with Crippen molar-refractivity contribution in [2.45, 2.75) is 26.2 Å². The van der Waals surface area contributed by atoms with E-state index in [-0.39, 0.29) is 17.0 Å². The molecule has 2 rings (SSSR count). The number of carbonyl (C=O) groups excluding carboxylic acids is 1. The van der Waals surface area contributed by atoms with E-state index < -0.39 is 0 Å². The molecule has 0 saturated heterocycles. The van der Waals surface area contributed by atoms with Gasteiger partial charge in [0.25, 0.3) is 5.91 Å². The smallest absolute Gasteiger partial charge is 0.275 e. The Bertz CT molecular complexity index is 621. The van der Waals surface area contributed by atoms with Crippen LogP contribution in [0.4, 0.5) is 5.69 Å². The molecule has 0 spiro atoms. The number of nitrogens with zero attached hydrogens (tertiary/aromatic N) is 2. The molecule has 1 amide bonds. The van der Waals surface area contributed by atoms with Crippen molar-refractivity contribution in [2.24, 2.45) is 0 Å². The minimum Gasteiger partial charge on any atom is -0.319 e. The van der Waals surface area contributed by atoms with Crippen molar-refractivity contribution in [3.63, 3.8) is 0 Å². The minimum absolute atomic E-state index is 0.0929. The average molecular weight is 290 g/mol. The highest BCUT2D eigenvalue weighted by Gasteiger charge is 2.20. The molecule has 0 radical (unpaired) electrons. The minimum atomic E-state index is -0.328. The third kappa shape index (κ3) is 3.14. The molecule has 1 heterocycles. The highest BCUT2D eigenvalue weighted by molar-refractivity contribution is 6.34. The zero-order valence-electron chi connectivity index (χ0n) is 11.6. The summed E-state index contributed by atoms with van der Waals surface area (Å²) in [7, 11) is 0. The van der Waals surface area contributed by atoms with Crippen LogP contribution in [0.15, 0.2) is 36.8 Å². The number of carbonyl (C=O) groups is 1. The zero-order chi connectivity index (χ0) is 14.8. The molecule has 1 N–H and O–H groups in total. The zero-order valence-corrected chi connectivity index (χ0v) is 12.4. The number of anilines is 1. The number of benzene rings is 1. The Balaban J connectivity index is 2.29. The lowest BCUT2D eigenvalue weighted by molar-refractivity contribution is 0.102. The van der Waals surface area contributed by atoms with E-state index in [1.165, 1.54) is 18.6 Å². The molecule has 0 saturated carbocycles. The van der Waals surface area contributed by atoms with E-state index in [4.69, 9.17) is 11.6 Å². The van der Waals surface area contributed by atoms with E-state index >= 15 is 0 Å². The molecule has 104 valence electrons. The number of rotatable bonds is 2. The summed E-state index contributed by atoms with van der Waals surface area (Å²) in [6.45, 7) is 6.22. The third-order valence-electron chi connectivity index (χ3n) is 2.85. The normalized spacial score (nSPS) is 11.2. The highest BCUT2D eigenvalue weighted by atomic mass is 35.5. The van der Waals surface area contributed by atoms with E-state index in [0.717, 1.165) is 5.56 Å². The maximum atomic E-state index is 12.1. The van der Waals surface area contributed by atoms with Crippen molar-refractivity contribution in [3.8, 4) is 0 Å². The monoisotopic (exact) mass is 289 g/mol. The highest BCUT2D eigenvalue weighted by Crippen LogP contribution is 2.34. The van der Waals surface area contributed by atoms with E-state index in [0.29, 0.717) is 10.7 Å². The molecule has 0 aliphatic rings. The van der Waals surface area contributed by atoms with Crippen molar-refractivity contribution in [1.82, 2.24) is 9.97 Å². The largest absolute Gasteiger partial charge is 0.319 e. The van der Waals surface area contributed by atoms with Crippen LogP contribution in [0.3, 0.4) is 0 Å². The molecule has 1 aromatic heterocycles. The summed E-state index contributed by atoms with van der Waals surface area (Å²) in [4.78, 5) is 19.9. The Kier molecular flexibility index (Phi) is 4.04. The summed E-state index contributed by atoms with van der Waals surface area (Å²) in [5, 5.41) is 3.32. The lowest BCUT2D eigenvalue weighted by Gasteiger charge is -2.22. The molecule has 0 aliphatic carbocycles. The van der Waals surface area contributed by atoms with Crippen LogP contribution in [0.2, 0.25) is 5.02 Å². The summed E-state index contributed by atoms with van der Waals surface area (Å²) < 4.78 is 0. The van der Waals surface area contributed by atoms with E-state index in [2.05, 4.69) is 36.1 Å². The van der Waals surface area contributed by atoms with Crippen molar-refractivity contribution in [3.05, 3.63) is 53.1 Å². The average Bonchev–Trinajstić information content (AvgIpc) is 2.40. The lowest BCUT2D eigenvalue weighted by atomic mass is 9.87. The number of hydrogen-bond donors (Lipinski definition) is 1. The summed E-state index contributed by atoms with van der Waals surface area (Å²) in [5.41, 5.74) is 1.72. The van der Waals surface area contributed by atoms with Gasteiger partial charge in [0.1, 0.15) is 5.69 Å². The number of amides is 1. The molecule has 2 aromatic rings. The van der Waals surface area contributed by atoms with Crippen LogP contribution in [-0.4, -0.2) is 15.9 Å². The summed E-state index contributed by atoms with van der Waals surface area (Å²) in [6, 6.07) is 5.60. The van der Waals surface area contributed by atoms with Gasteiger partial charge >= 0.3 is 0 Å². The van der Waals surface area contributed by atoms with Crippen LogP contribution in [0.5, 0.6) is 0 Å². The van der Waals surface area contributed by atoms with Crippen LogP contribution in [-0.2, 0) is 5.41 Å². The second-order valence-electron chi connectivity index (χ2n) is 5.46. The molecule has 0 aliphatic heterocycles. The SMILES string of the molecule is CC(C)(C)c1cccc(NC(=O)c2cnccn2)c1Cl. The first-order chi connectivity index (χ1) is 9.39. The lowest BCUT2D eigenvalue weighted by Crippen LogP contribution is -2.16. The van der Waals surface area contributed by atoms with E-state index in [1.54, 1.807) is 6.07 Å². The standard InChI is InChI=1S/C15H16ClN3O/c1-15(2,3)10-5-4-6-11(13(10)16)19-14(20)12-9-17-7-8-18-12/h4-9H,1-3H3,(H,19,20). The van der Waals surface area contributed by atoms with Crippen LogP contribution < -0.4 is 5.32 Å². The fraction of sp³-hybridized carbons (Fsp3) is 0.267. The second kappa shape index (κ2) is 5.59. The van der Waals surface area contributed by atoms with Crippen LogP contribution >= 0.6 is 11.6 Å². The topological polar surface area (TPSA) is 54.9 Å². The van der Waals surface area contributed by atoms with E-state index in [9.17, 15) is 4.79 Å². The molecular weight excluding hydrogens is 274 g/mol. The first-order valence-corrected chi connectivity index (χ1v) is 6.64. The van der Waals surface area contributed by atoms with Crippen molar-refractivity contribution in [1.29, 1.82) is 0 Å². The van der Waals surface area contributed by atoms with Gasteiger partial charge in [-0.25, -0.2) is 4.98 Å². The first kappa shape index (κ1) is 14.5. The van der Waals surface area contributed by atoms with Gasteiger partial charge in [-0.3, -0.25) is 9.78 Å². The van der Waals surface area contributed by atoms with E-state index in [1.807, 2.05) is 12.1 Å². The summed E-state index contributed by atoms with van der Waals surface area (Å²) in [5.74, 6) is -0.328.